The number of hydrogen-bond donors (Lipinski definition) is 1. The van der Waals surface area contributed by atoms with Crippen molar-refractivity contribution in [3.63, 3.8) is 0 Å². The monoisotopic (exact) mass is 342 g/mol. The van der Waals surface area contributed by atoms with E-state index in [2.05, 4.69) is 15.1 Å². The second-order valence-corrected chi connectivity index (χ2v) is 7.01. The first-order chi connectivity index (χ1) is 11.8. The molecule has 6 nitrogen and oxygen atoms in total. The average Bonchev–Trinajstić information content (AvgIpc) is 3.29. The molecule has 1 aliphatic rings. The zero-order valence-electron chi connectivity index (χ0n) is 13.2. The van der Waals surface area contributed by atoms with Gasteiger partial charge in [-0.05, 0) is 17.5 Å². The summed E-state index contributed by atoms with van der Waals surface area (Å²) in [7, 11) is 0. The highest BCUT2D eigenvalue weighted by atomic mass is 32.2. The number of nitrogens with one attached hydrogen (secondary N) is 1. The Balaban J connectivity index is 1.41. The zero-order chi connectivity index (χ0) is 16.4. The molecule has 3 aromatic rings. The molecule has 1 amide bonds. The molecule has 0 spiro atoms. The lowest BCUT2D eigenvalue weighted by Gasteiger charge is -2.26. The Kier molecular flexibility index (Phi) is 4.25. The summed E-state index contributed by atoms with van der Waals surface area (Å²) in [6.45, 7) is 1.68. The van der Waals surface area contributed by atoms with Gasteiger partial charge in [0.05, 0.1) is 0 Å². The van der Waals surface area contributed by atoms with Gasteiger partial charge in [-0.2, -0.15) is 16.7 Å². The summed E-state index contributed by atoms with van der Waals surface area (Å²) < 4.78 is 5.30. The van der Waals surface area contributed by atoms with Gasteiger partial charge in [-0.3, -0.25) is 4.79 Å². The zero-order valence-corrected chi connectivity index (χ0v) is 14.0. The smallest absolute Gasteiger partial charge is 0.227 e. The predicted octanol–water partition coefficient (Wildman–Crippen LogP) is 2.73. The highest BCUT2D eigenvalue weighted by molar-refractivity contribution is 7.99. The number of carbonyl (C=O) groups is 1. The topological polar surface area (TPSA) is 75.0 Å². The molecule has 1 N–H and O–H groups in total. The van der Waals surface area contributed by atoms with Crippen LogP contribution < -0.4 is 0 Å². The Morgan fingerprint density at radius 1 is 1.29 bits per heavy atom. The predicted molar refractivity (Wildman–Crippen MR) is 93.8 cm³/mol. The quantitative estimate of drug-likeness (QED) is 0.789. The fourth-order valence-corrected chi connectivity index (χ4v) is 3.75. The molecule has 1 fully saturated rings. The van der Waals surface area contributed by atoms with Crippen LogP contribution in [-0.2, 0) is 11.2 Å². The van der Waals surface area contributed by atoms with Crippen molar-refractivity contribution in [1.82, 2.24) is 20.0 Å². The molecule has 4 rings (SSSR count). The molecule has 0 unspecified atom stereocenters. The lowest BCUT2D eigenvalue weighted by molar-refractivity contribution is -0.130. The highest BCUT2D eigenvalue weighted by Gasteiger charge is 2.18. The van der Waals surface area contributed by atoms with Crippen LogP contribution in [0.1, 0.15) is 12.3 Å². The SMILES string of the molecule is O=C(CCc1nc(-c2ccc3cc[nH]c3c2)no1)N1CCSCC1. The van der Waals surface area contributed by atoms with Gasteiger partial charge in [0.2, 0.25) is 17.6 Å². The van der Waals surface area contributed by atoms with E-state index in [1.54, 1.807) is 0 Å². The summed E-state index contributed by atoms with van der Waals surface area (Å²) >= 11 is 1.90. The van der Waals surface area contributed by atoms with Crippen LogP contribution in [0.2, 0.25) is 0 Å². The van der Waals surface area contributed by atoms with Crippen LogP contribution in [0.4, 0.5) is 0 Å². The lowest BCUT2D eigenvalue weighted by atomic mass is 10.1. The highest BCUT2D eigenvalue weighted by Crippen LogP contribution is 2.22. The Bertz CT molecular complexity index is 851. The molecule has 0 saturated carbocycles. The Morgan fingerprint density at radius 2 is 2.17 bits per heavy atom. The molecule has 7 heteroatoms. The standard InChI is InChI=1S/C17H18N4O2S/c22-16(21-7-9-24-10-8-21)4-3-15-19-17(20-23-15)13-2-1-12-5-6-18-14(12)11-13/h1-2,5-6,11,18H,3-4,7-10H2. The maximum atomic E-state index is 12.2. The first-order valence-corrected chi connectivity index (χ1v) is 9.21. The maximum absolute atomic E-state index is 12.2. The van der Waals surface area contributed by atoms with Crippen LogP contribution in [0.3, 0.4) is 0 Å². The third-order valence-corrected chi connectivity index (χ3v) is 5.14. The molecule has 1 saturated heterocycles. The molecule has 24 heavy (non-hydrogen) atoms. The van der Waals surface area contributed by atoms with Crippen LogP contribution in [0.15, 0.2) is 35.0 Å². The second kappa shape index (κ2) is 6.68. The molecular weight excluding hydrogens is 324 g/mol. The van der Waals surface area contributed by atoms with Gasteiger partial charge < -0.3 is 14.4 Å². The summed E-state index contributed by atoms with van der Waals surface area (Å²) in [5.41, 5.74) is 1.94. The van der Waals surface area contributed by atoms with Gasteiger partial charge in [0, 0.05) is 54.7 Å². The number of fused-ring (bicyclic) bond motifs is 1. The molecule has 1 aromatic carbocycles. The van der Waals surface area contributed by atoms with Gasteiger partial charge >= 0.3 is 0 Å². The molecular formula is C17H18N4O2S. The van der Waals surface area contributed by atoms with E-state index in [-0.39, 0.29) is 5.91 Å². The van der Waals surface area contributed by atoms with Crippen LogP contribution in [0, 0.1) is 0 Å². The Hall–Kier alpha value is -2.28. The van der Waals surface area contributed by atoms with Crippen LogP contribution in [0.5, 0.6) is 0 Å². The van der Waals surface area contributed by atoms with E-state index in [1.807, 2.05) is 47.1 Å². The minimum Gasteiger partial charge on any atom is -0.361 e. The van der Waals surface area contributed by atoms with Crippen molar-refractivity contribution in [2.45, 2.75) is 12.8 Å². The summed E-state index contributed by atoms with van der Waals surface area (Å²) in [6, 6.07) is 8.02. The van der Waals surface area contributed by atoms with E-state index in [0.29, 0.717) is 24.6 Å². The number of nitrogens with zero attached hydrogens (tertiary/aromatic N) is 3. The minimum atomic E-state index is 0.169. The number of carbonyl (C=O) groups excluding carboxylic acids is 1. The van der Waals surface area contributed by atoms with Crippen molar-refractivity contribution < 1.29 is 9.32 Å². The number of aromatic amines is 1. The largest absolute Gasteiger partial charge is 0.361 e. The van der Waals surface area contributed by atoms with Crippen molar-refractivity contribution in [2.75, 3.05) is 24.6 Å². The maximum Gasteiger partial charge on any atom is 0.227 e. The Morgan fingerprint density at radius 3 is 3.04 bits per heavy atom. The van der Waals surface area contributed by atoms with Crippen molar-refractivity contribution >= 4 is 28.6 Å². The normalized spacial score (nSPS) is 15.1. The van der Waals surface area contributed by atoms with Crippen LogP contribution in [-0.4, -0.2) is 50.5 Å². The summed E-state index contributed by atoms with van der Waals surface area (Å²) in [5, 5.41) is 5.19. The molecule has 2 aromatic heterocycles. The third kappa shape index (κ3) is 3.17. The molecule has 0 radical (unpaired) electrons. The van der Waals surface area contributed by atoms with E-state index in [9.17, 15) is 4.79 Å². The summed E-state index contributed by atoms with van der Waals surface area (Å²) in [6.07, 6.45) is 2.81. The van der Waals surface area contributed by atoms with E-state index in [0.717, 1.165) is 41.1 Å². The average molecular weight is 342 g/mol. The van der Waals surface area contributed by atoms with E-state index >= 15 is 0 Å². The summed E-state index contributed by atoms with van der Waals surface area (Å²) in [4.78, 5) is 21.7. The van der Waals surface area contributed by atoms with Gasteiger partial charge in [0.25, 0.3) is 0 Å². The van der Waals surface area contributed by atoms with Crippen molar-refractivity contribution in [1.29, 1.82) is 0 Å². The number of amides is 1. The fourth-order valence-electron chi connectivity index (χ4n) is 2.85. The van der Waals surface area contributed by atoms with E-state index in [1.165, 1.54) is 0 Å². The number of benzene rings is 1. The molecule has 0 aliphatic carbocycles. The first kappa shape index (κ1) is 15.3. The summed E-state index contributed by atoms with van der Waals surface area (Å²) in [5.74, 6) is 3.29. The van der Waals surface area contributed by atoms with Gasteiger partial charge in [-0.1, -0.05) is 17.3 Å². The number of aromatic nitrogens is 3. The molecule has 1 aliphatic heterocycles. The van der Waals surface area contributed by atoms with Crippen molar-refractivity contribution in [3.8, 4) is 11.4 Å². The van der Waals surface area contributed by atoms with Gasteiger partial charge in [-0.15, -0.1) is 0 Å². The van der Waals surface area contributed by atoms with E-state index in [4.69, 9.17) is 4.52 Å². The number of H-pyrrole nitrogens is 1. The van der Waals surface area contributed by atoms with Crippen molar-refractivity contribution in [2.24, 2.45) is 0 Å². The van der Waals surface area contributed by atoms with Crippen molar-refractivity contribution in [3.05, 3.63) is 36.4 Å². The molecule has 124 valence electrons. The number of rotatable bonds is 4. The number of aryl methyl sites for hydroxylation is 1. The number of hydrogen-bond acceptors (Lipinski definition) is 5. The number of thioether (sulfide) groups is 1. The van der Waals surface area contributed by atoms with Gasteiger partial charge in [-0.25, -0.2) is 0 Å². The molecule has 3 heterocycles. The van der Waals surface area contributed by atoms with Gasteiger partial charge in [0.15, 0.2) is 0 Å². The van der Waals surface area contributed by atoms with Crippen LogP contribution >= 0.6 is 11.8 Å². The lowest BCUT2D eigenvalue weighted by Crippen LogP contribution is -2.37. The van der Waals surface area contributed by atoms with Crippen LogP contribution in [0.25, 0.3) is 22.3 Å². The minimum absolute atomic E-state index is 0.169. The second-order valence-electron chi connectivity index (χ2n) is 5.78. The van der Waals surface area contributed by atoms with Gasteiger partial charge in [0.1, 0.15) is 0 Å². The third-order valence-electron chi connectivity index (χ3n) is 4.20. The fraction of sp³-hybridized carbons (Fsp3) is 0.353. The molecule has 0 bridgehead atoms. The molecule has 0 atom stereocenters. The first-order valence-electron chi connectivity index (χ1n) is 8.05. The van der Waals surface area contributed by atoms with E-state index < -0.39 is 0 Å². The Labute approximate surface area is 143 Å².